The molecule has 4 heteroatoms. The number of hydrogen-bond acceptors (Lipinski definition) is 3. The van der Waals surface area contributed by atoms with Crippen molar-refractivity contribution in [3.05, 3.63) is 35.9 Å². The second-order valence-corrected chi connectivity index (χ2v) is 6.37. The lowest BCUT2D eigenvalue weighted by Gasteiger charge is -2.46. The topological polar surface area (TPSA) is 61.8 Å². The zero-order valence-electron chi connectivity index (χ0n) is 11.5. The van der Waals surface area contributed by atoms with E-state index in [4.69, 9.17) is 5.73 Å². The quantitative estimate of drug-likeness (QED) is 0.882. The first-order valence-corrected chi connectivity index (χ1v) is 7.20. The SMILES string of the molecule is N#CC1(c2ccccc2)CC(NCC2(F)CC(N)C2)C1. The van der Waals surface area contributed by atoms with Gasteiger partial charge in [-0.1, -0.05) is 30.3 Å². The van der Waals surface area contributed by atoms with Gasteiger partial charge in [0.15, 0.2) is 0 Å². The molecule has 0 spiro atoms. The molecular weight excluding hydrogens is 253 g/mol. The first-order chi connectivity index (χ1) is 9.55. The molecule has 0 bridgehead atoms. The van der Waals surface area contributed by atoms with Gasteiger partial charge in [0.25, 0.3) is 0 Å². The van der Waals surface area contributed by atoms with E-state index < -0.39 is 11.1 Å². The third-order valence-electron chi connectivity index (χ3n) is 4.69. The summed E-state index contributed by atoms with van der Waals surface area (Å²) in [6.07, 6.45) is 2.43. The minimum atomic E-state index is -1.13. The van der Waals surface area contributed by atoms with Gasteiger partial charge in [0.2, 0.25) is 0 Å². The Morgan fingerprint density at radius 3 is 2.45 bits per heavy atom. The van der Waals surface area contributed by atoms with E-state index in [9.17, 15) is 9.65 Å². The van der Waals surface area contributed by atoms with Crippen LogP contribution in [-0.2, 0) is 5.41 Å². The molecule has 2 aliphatic rings. The van der Waals surface area contributed by atoms with Crippen LogP contribution in [-0.4, -0.2) is 24.3 Å². The summed E-state index contributed by atoms with van der Waals surface area (Å²) in [6.45, 7) is 0.363. The van der Waals surface area contributed by atoms with Gasteiger partial charge >= 0.3 is 0 Å². The number of nitrogens with zero attached hydrogens (tertiary/aromatic N) is 1. The van der Waals surface area contributed by atoms with E-state index in [2.05, 4.69) is 11.4 Å². The first kappa shape index (κ1) is 13.5. The van der Waals surface area contributed by atoms with Crippen molar-refractivity contribution in [2.45, 2.75) is 48.9 Å². The van der Waals surface area contributed by atoms with Crippen molar-refractivity contribution < 1.29 is 4.39 Å². The molecule has 0 heterocycles. The molecule has 2 fully saturated rings. The van der Waals surface area contributed by atoms with Crippen LogP contribution >= 0.6 is 0 Å². The molecule has 0 unspecified atom stereocenters. The summed E-state index contributed by atoms with van der Waals surface area (Å²) in [7, 11) is 0. The maximum Gasteiger partial charge on any atom is 0.126 e. The van der Waals surface area contributed by atoms with Gasteiger partial charge in [-0.15, -0.1) is 0 Å². The van der Waals surface area contributed by atoms with Gasteiger partial charge in [0.05, 0.1) is 11.5 Å². The average Bonchev–Trinajstić information content (AvgIpc) is 2.37. The van der Waals surface area contributed by atoms with E-state index in [1.807, 2.05) is 30.3 Å². The van der Waals surface area contributed by atoms with Crippen molar-refractivity contribution in [1.29, 1.82) is 5.26 Å². The molecule has 20 heavy (non-hydrogen) atoms. The molecular formula is C16H20FN3. The summed E-state index contributed by atoms with van der Waals surface area (Å²) in [5.74, 6) is 0. The Morgan fingerprint density at radius 2 is 1.90 bits per heavy atom. The highest BCUT2D eigenvalue weighted by Crippen LogP contribution is 2.44. The summed E-state index contributed by atoms with van der Waals surface area (Å²) in [5.41, 5.74) is 5.19. The van der Waals surface area contributed by atoms with Crippen molar-refractivity contribution in [1.82, 2.24) is 5.32 Å². The minimum Gasteiger partial charge on any atom is -0.327 e. The molecule has 3 N–H and O–H groups in total. The first-order valence-electron chi connectivity index (χ1n) is 7.20. The van der Waals surface area contributed by atoms with Crippen LogP contribution in [0.3, 0.4) is 0 Å². The molecule has 0 saturated heterocycles. The number of hydrogen-bond donors (Lipinski definition) is 2. The molecule has 0 radical (unpaired) electrons. The zero-order valence-corrected chi connectivity index (χ0v) is 11.5. The molecule has 2 saturated carbocycles. The van der Waals surface area contributed by atoms with Crippen LogP contribution < -0.4 is 11.1 Å². The lowest BCUT2D eigenvalue weighted by Crippen LogP contribution is -2.58. The monoisotopic (exact) mass is 273 g/mol. The van der Waals surface area contributed by atoms with Crippen molar-refractivity contribution in [3.63, 3.8) is 0 Å². The molecule has 3 rings (SSSR count). The van der Waals surface area contributed by atoms with Crippen LogP contribution in [0.4, 0.5) is 4.39 Å². The maximum absolute atomic E-state index is 14.1. The fourth-order valence-electron chi connectivity index (χ4n) is 3.43. The number of nitrogens with two attached hydrogens (primary N) is 1. The molecule has 1 aromatic rings. The van der Waals surface area contributed by atoms with Gasteiger partial charge in [-0.25, -0.2) is 4.39 Å². The summed E-state index contributed by atoms with van der Waals surface area (Å²) < 4.78 is 14.1. The molecule has 1 aromatic carbocycles. The summed E-state index contributed by atoms with van der Waals surface area (Å²) in [6, 6.07) is 12.6. The fourth-order valence-corrected chi connectivity index (χ4v) is 3.43. The predicted octanol–water partition coefficient (Wildman–Crippen LogP) is 2.03. The Kier molecular flexibility index (Phi) is 3.27. The molecule has 3 nitrogen and oxygen atoms in total. The van der Waals surface area contributed by atoms with Crippen LogP contribution in [0.25, 0.3) is 0 Å². The Labute approximate surface area is 119 Å². The number of rotatable bonds is 4. The standard InChI is InChI=1S/C16H20FN3/c17-16(6-13(19)7-16)11-20-14-8-15(9-14,10-18)12-4-2-1-3-5-12/h1-5,13-14,20H,6-9,11,19H2. The Bertz CT molecular complexity index is 510. The number of benzene rings is 1. The molecule has 0 atom stereocenters. The number of alkyl halides is 1. The highest BCUT2D eigenvalue weighted by atomic mass is 19.1. The fraction of sp³-hybridized carbons (Fsp3) is 0.562. The number of nitrogens with one attached hydrogen (secondary N) is 1. The largest absolute Gasteiger partial charge is 0.327 e. The van der Waals surface area contributed by atoms with Gasteiger partial charge in [0, 0.05) is 18.6 Å². The van der Waals surface area contributed by atoms with E-state index in [1.165, 1.54) is 0 Å². The van der Waals surface area contributed by atoms with Crippen LogP contribution in [0.2, 0.25) is 0 Å². The summed E-state index contributed by atoms with van der Waals surface area (Å²) >= 11 is 0. The van der Waals surface area contributed by atoms with Crippen molar-refractivity contribution >= 4 is 0 Å². The second-order valence-electron chi connectivity index (χ2n) is 6.37. The van der Waals surface area contributed by atoms with Crippen LogP contribution in [0, 0.1) is 11.3 Å². The third kappa shape index (κ3) is 2.32. The molecule has 0 amide bonds. The van der Waals surface area contributed by atoms with Crippen molar-refractivity contribution in [3.8, 4) is 6.07 Å². The van der Waals surface area contributed by atoms with Gasteiger partial charge in [0.1, 0.15) is 5.67 Å². The minimum absolute atomic E-state index is 0.0192. The molecule has 0 aliphatic heterocycles. The van der Waals surface area contributed by atoms with Gasteiger partial charge in [-0.2, -0.15) is 5.26 Å². The van der Waals surface area contributed by atoms with Crippen LogP contribution in [0.5, 0.6) is 0 Å². The number of halogens is 1. The second kappa shape index (κ2) is 4.83. The molecule has 2 aliphatic carbocycles. The van der Waals surface area contributed by atoms with Gasteiger partial charge in [-0.3, -0.25) is 0 Å². The van der Waals surface area contributed by atoms with Crippen LogP contribution in [0.1, 0.15) is 31.2 Å². The normalized spacial score (nSPS) is 39.5. The van der Waals surface area contributed by atoms with E-state index in [1.54, 1.807) is 0 Å². The Morgan fingerprint density at radius 1 is 1.25 bits per heavy atom. The molecule has 0 aromatic heterocycles. The highest BCUT2D eigenvalue weighted by Gasteiger charge is 2.48. The maximum atomic E-state index is 14.1. The van der Waals surface area contributed by atoms with Crippen molar-refractivity contribution in [2.75, 3.05) is 6.54 Å². The summed E-state index contributed by atoms with van der Waals surface area (Å²) in [5, 5.41) is 12.7. The van der Waals surface area contributed by atoms with Crippen molar-refractivity contribution in [2.24, 2.45) is 5.73 Å². The van der Waals surface area contributed by atoms with E-state index in [0.29, 0.717) is 19.4 Å². The lowest BCUT2D eigenvalue weighted by atomic mass is 9.62. The van der Waals surface area contributed by atoms with E-state index >= 15 is 0 Å². The van der Waals surface area contributed by atoms with E-state index in [0.717, 1.165) is 18.4 Å². The lowest BCUT2D eigenvalue weighted by molar-refractivity contribution is 0.0348. The van der Waals surface area contributed by atoms with Gasteiger partial charge < -0.3 is 11.1 Å². The number of nitriles is 1. The zero-order chi connectivity index (χ0) is 14.2. The average molecular weight is 273 g/mol. The van der Waals surface area contributed by atoms with Gasteiger partial charge in [-0.05, 0) is 31.2 Å². The van der Waals surface area contributed by atoms with Crippen LogP contribution in [0.15, 0.2) is 30.3 Å². The third-order valence-corrected chi connectivity index (χ3v) is 4.69. The molecule has 106 valence electrons. The smallest absolute Gasteiger partial charge is 0.126 e. The highest BCUT2D eigenvalue weighted by molar-refractivity contribution is 5.36. The predicted molar refractivity (Wildman–Crippen MR) is 75.8 cm³/mol. The Hall–Kier alpha value is -1.44. The Balaban J connectivity index is 1.54. The summed E-state index contributed by atoms with van der Waals surface area (Å²) in [4.78, 5) is 0. The van der Waals surface area contributed by atoms with E-state index in [-0.39, 0.29) is 12.1 Å².